The molecule has 1 aromatic rings. The van der Waals surface area contributed by atoms with E-state index >= 15 is 0 Å². The zero-order valence-electron chi connectivity index (χ0n) is 12.8. The van der Waals surface area contributed by atoms with E-state index in [4.69, 9.17) is 5.73 Å². The highest BCUT2D eigenvalue weighted by molar-refractivity contribution is 5.81. The molecule has 3 N–H and O–H groups in total. The van der Waals surface area contributed by atoms with Crippen molar-refractivity contribution in [2.45, 2.75) is 26.2 Å². The number of aromatic nitrogens is 2. The van der Waals surface area contributed by atoms with Crippen molar-refractivity contribution in [3.63, 3.8) is 0 Å². The summed E-state index contributed by atoms with van der Waals surface area (Å²) in [5.41, 5.74) is 5.74. The van der Waals surface area contributed by atoms with Crippen LogP contribution < -0.4 is 16.0 Å². The summed E-state index contributed by atoms with van der Waals surface area (Å²) in [7, 11) is 1.85. The Morgan fingerprint density at radius 2 is 2.14 bits per heavy atom. The third-order valence-electron chi connectivity index (χ3n) is 3.51. The summed E-state index contributed by atoms with van der Waals surface area (Å²) in [6, 6.07) is 1.82. The van der Waals surface area contributed by atoms with Crippen molar-refractivity contribution in [1.29, 1.82) is 0 Å². The van der Waals surface area contributed by atoms with Gasteiger partial charge in [0.05, 0.1) is 6.54 Å². The van der Waals surface area contributed by atoms with Gasteiger partial charge in [-0.2, -0.15) is 9.97 Å². The molecular formula is C14H24N6O. The second-order valence-corrected chi connectivity index (χ2v) is 5.34. The number of likely N-dealkylation sites (tertiary alicyclic amines) is 1. The summed E-state index contributed by atoms with van der Waals surface area (Å²) in [5, 5.41) is 3.19. The quantitative estimate of drug-likeness (QED) is 0.811. The van der Waals surface area contributed by atoms with Gasteiger partial charge < -0.3 is 20.9 Å². The Hall–Kier alpha value is -2.05. The molecule has 2 heterocycles. The van der Waals surface area contributed by atoms with Crippen LogP contribution in [0.5, 0.6) is 0 Å². The number of rotatable bonds is 6. The molecule has 1 fully saturated rings. The SMILES string of the molecule is CCCNc1cc(N(C)CC(=O)N2CCCC2)nc(N)n1. The van der Waals surface area contributed by atoms with Crippen LogP contribution in [0.4, 0.5) is 17.6 Å². The Bertz CT molecular complexity index is 486. The molecule has 0 radical (unpaired) electrons. The molecule has 116 valence electrons. The van der Waals surface area contributed by atoms with E-state index in [1.165, 1.54) is 0 Å². The first-order chi connectivity index (χ1) is 10.1. The van der Waals surface area contributed by atoms with Crippen molar-refractivity contribution in [1.82, 2.24) is 14.9 Å². The van der Waals surface area contributed by atoms with Gasteiger partial charge in [0.1, 0.15) is 11.6 Å². The first-order valence-corrected chi connectivity index (χ1v) is 7.47. The fourth-order valence-electron chi connectivity index (χ4n) is 2.34. The number of nitrogens with zero attached hydrogens (tertiary/aromatic N) is 4. The molecule has 2 rings (SSSR count). The lowest BCUT2D eigenvalue weighted by Gasteiger charge is -2.22. The molecular weight excluding hydrogens is 268 g/mol. The van der Waals surface area contributed by atoms with Crippen molar-refractivity contribution >= 4 is 23.5 Å². The number of amides is 1. The highest BCUT2D eigenvalue weighted by atomic mass is 16.2. The number of nitrogens with two attached hydrogens (primary N) is 1. The van der Waals surface area contributed by atoms with Gasteiger partial charge in [-0.15, -0.1) is 0 Å². The van der Waals surface area contributed by atoms with Crippen LogP contribution in [0.25, 0.3) is 0 Å². The highest BCUT2D eigenvalue weighted by Gasteiger charge is 2.20. The van der Waals surface area contributed by atoms with E-state index < -0.39 is 0 Å². The number of nitrogen functional groups attached to an aromatic ring is 1. The molecule has 21 heavy (non-hydrogen) atoms. The fourth-order valence-corrected chi connectivity index (χ4v) is 2.34. The molecule has 7 heteroatoms. The third-order valence-corrected chi connectivity index (χ3v) is 3.51. The summed E-state index contributed by atoms with van der Waals surface area (Å²) < 4.78 is 0. The van der Waals surface area contributed by atoms with Gasteiger partial charge in [0.15, 0.2) is 0 Å². The van der Waals surface area contributed by atoms with Crippen LogP contribution in [0.2, 0.25) is 0 Å². The standard InChI is InChI=1S/C14H24N6O/c1-3-6-16-11-9-12(18-14(15)17-11)19(2)10-13(21)20-7-4-5-8-20/h9H,3-8,10H2,1-2H3,(H3,15,16,17,18). The van der Waals surface area contributed by atoms with Crippen molar-refractivity contribution in [2.24, 2.45) is 0 Å². The molecule has 0 aliphatic carbocycles. The molecule has 7 nitrogen and oxygen atoms in total. The number of carbonyl (C=O) groups is 1. The smallest absolute Gasteiger partial charge is 0.242 e. The summed E-state index contributed by atoms with van der Waals surface area (Å²) in [6.45, 7) is 4.94. The van der Waals surface area contributed by atoms with Crippen LogP contribution in [0.1, 0.15) is 26.2 Å². The first-order valence-electron chi connectivity index (χ1n) is 7.47. The van der Waals surface area contributed by atoms with Crippen molar-refractivity contribution in [3.05, 3.63) is 6.07 Å². The second-order valence-electron chi connectivity index (χ2n) is 5.34. The van der Waals surface area contributed by atoms with Crippen LogP contribution in [0, 0.1) is 0 Å². The van der Waals surface area contributed by atoms with E-state index in [0.717, 1.165) is 38.9 Å². The maximum atomic E-state index is 12.2. The van der Waals surface area contributed by atoms with Crippen molar-refractivity contribution in [2.75, 3.05) is 49.2 Å². The predicted molar refractivity (Wildman–Crippen MR) is 84.3 cm³/mol. The van der Waals surface area contributed by atoms with E-state index in [1.54, 1.807) is 0 Å². The van der Waals surface area contributed by atoms with Gasteiger partial charge in [-0.25, -0.2) is 0 Å². The lowest BCUT2D eigenvalue weighted by molar-refractivity contribution is -0.128. The first kappa shape index (κ1) is 15.3. The van der Waals surface area contributed by atoms with Gasteiger partial charge in [0.25, 0.3) is 0 Å². The molecule has 1 aromatic heterocycles. The predicted octanol–water partition coefficient (Wildman–Crippen LogP) is 0.939. The van der Waals surface area contributed by atoms with Crippen molar-refractivity contribution < 1.29 is 4.79 Å². The number of likely N-dealkylation sites (N-methyl/N-ethyl adjacent to an activating group) is 1. The van der Waals surface area contributed by atoms with E-state index in [9.17, 15) is 4.79 Å². The van der Waals surface area contributed by atoms with E-state index in [2.05, 4.69) is 22.2 Å². The Labute approximate surface area is 125 Å². The second kappa shape index (κ2) is 7.10. The summed E-state index contributed by atoms with van der Waals surface area (Å²) in [6.07, 6.45) is 3.20. The van der Waals surface area contributed by atoms with Crippen LogP contribution in [0.15, 0.2) is 6.07 Å². The Kier molecular flexibility index (Phi) is 5.19. The third kappa shape index (κ3) is 4.21. The van der Waals surface area contributed by atoms with E-state index in [0.29, 0.717) is 18.2 Å². The van der Waals surface area contributed by atoms with Gasteiger partial charge in [-0.05, 0) is 19.3 Å². The maximum Gasteiger partial charge on any atom is 0.242 e. The van der Waals surface area contributed by atoms with Gasteiger partial charge >= 0.3 is 0 Å². The lowest BCUT2D eigenvalue weighted by atomic mass is 10.4. The highest BCUT2D eigenvalue weighted by Crippen LogP contribution is 2.16. The van der Waals surface area contributed by atoms with Crippen LogP contribution in [-0.2, 0) is 4.79 Å². The molecule has 0 unspecified atom stereocenters. The minimum atomic E-state index is 0.134. The number of hydrogen-bond donors (Lipinski definition) is 2. The minimum absolute atomic E-state index is 0.134. The maximum absolute atomic E-state index is 12.2. The molecule has 1 aliphatic rings. The Morgan fingerprint density at radius 1 is 1.43 bits per heavy atom. The van der Waals surface area contributed by atoms with Gasteiger partial charge in [0.2, 0.25) is 11.9 Å². The fraction of sp³-hybridized carbons (Fsp3) is 0.643. The number of anilines is 3. The average Bonchev–Trinajstić information content (AvgIpc) is 2.98. The largest absolute Gasteiger partial charge is 0.370 e. The summed E-state index contributed by atoms with van der Waals surface area (Å²) in [4.78, 5) is 24.2. The molecule has 1 amide bonds. The lowest BCUT2D eigenvalue weighted by Crippen LogP contribution is -2.37. The molecule has 0 bridgehead atoms. The zero-order chi connectivity index (χ0) is 15.2. The Balaban J connectivity index is 2.01. The van der Waals surface area contributed by atoms with Gasteiger partial charge in [-0.1, -0.05) is 6.92 Å². The molecule has 1 saturated heterocycles. The van der Waals surface area contributed by atoms with Crippen molar-refractivity contribution in [3.8, 4) is 0 Å². The summed E-state index contributed by atoms with van der Waals surface area (Å²) in [5.74, 6) is 1.70. The monoisotopic (exact) mass is 292 g/mol. The molecule has 0 saturated carbocycles. The topological polar surface area (TPSA) is 87.4 Å². The minimum Gasteiger partial charge on any atom is -0.370 e. The van der Waals surface area contributed by atoms with E-state index in [-0.39, 0.29) is 11.9 Å². The molecule has 0 spiro atoms. The number of nitrogens with one attached hydrogen (secondary N) is 1. The average molecular weight is 292 g/mol. The molecule has 0 aromatic carbocycles. The van der Waals surface area contributed by atoms with E-state index in [1.807, 2.05) is 22.9 Å². The zero-order valence-corrected chi connectivity index (χ0v) is 12.8. The number of hydrogen-bond acceptors (Lipinski definition) is 6. The van der Waals surface area contributed by atoms with Crippen LogP contribution in [-0.4, -0.2) is 54.0 Å². The van der Waals surface area contributed by atoms with Gasteiger partial charge in [0, 0.05) is 32.7 Å². The normalized spacial score (nSPS) is 14.3. The summed E-state index contributed by atoms with van der Waals surface area (Å²) >= 11 is 0. The number of carbonyl (C=O) groups excluding carboxylic acids is 1. The van der Waals surface area contributed by atoms with Crippen LogP contribution >= 0.6 is 0 Å². The molecule has 0 atom stereocenters. The van der Waals surface area contributed by atoms with Crippen LogP contribution in [0.3, 0.4) is 0 Å². The molecule has 1 aliphatic heterocycles. The Morgan fingerprint density at radius 3 is 2.81 bits per heavy atom. The van der Waals surface area contributed by atoms with Gasteiger partial charge in [-0.3, -0.25) is 4.79 Å².